The summed E-state index contributed by atoms with van der Waals surface area (Å²) >= 11 is 5.99. The number of hydrogen-bond acceptors (Lipinski definition) is 2. The average Bonchev–Trinajstić information content (AvgIpc) is 2.14. The van der Waals surface area contributed by atoms with E-state index < -0.39 is 0 Å². The summed E-state index contributed by atoms with van der Waals surface area (Å²) in [5.74, 6) is 0. The first-order chi connectivity index (χ1) is 6.20. The molecule has 0 saturated carbocycles. The molecule has 13 heavy (non-hydrogen) atoms. The van der Waals surface area contributed by atoms with Crippen molar-refractivity contribution in [3.63, 3.8) is 0 Å². The summed E-state index contributed by atoms with van der Waals surface area (Å²) in [5.41, 5.74) is 0. The van der Waals surface area contributed by atoms with E-state index in [9.17, 15) is 0 Å². The van der Waals surface area contributed by atoms with Gasteiger partial charge >= 0.3 is 0 Å². The molecule has 0 saturated heterocycles. The van der Waals surface area contributed by atoms with E-state index in [1.807, 2.05) is 0 Å². The van der Waals surface area contributed by atoms with Crippen molar-refractivity contribution in [2.24, 2.45) is 0 Å². The summed E-state index contributed by atoms with van der Waals surface area (Å²) in [7, 11) is 1.73. The van der Waals surface area contributed by atoms with Crippen LogP contribution in [0.15, 0.2) is 0 Å². The van der Waals surface area contributed by atoms with Crippen molar-refractivity contribution in [1.29, 1.82) is 0 Å². The number of ether oxygens (including phenoxy) is 1. The molecule has 0 aliphatic rings. The SMILES string of the molecule is CCC(Cl)CCNC(C)CCOC. The Balaban J connectivity index is 3.21. The molecule has 1 N–H and O–H groups in total. The van der Waals surface area contributed by atoms with E-state index in [2.05, 4.69) is 19.2 Å². The van der Waals surface area contributed by atoms with E-state index in [0.29, 0.717) is 11.4 Å². The molecule has 0 radical (unpaired) electrons. The van der Waals surface area contributed by atoms with E-state index in [1.165, 1.54) is 0 Å². The van der Waals surface area contributed by atoms with Gasteiger partial charge < -0.3 is 10.1 Å². The molecule has 0 aromatic heterocycles. The molecule has 0 heterocycles. The summed E-state index contributed by atoms with van der Waals surface area (Å²) < 4.78 is 5.00. The Hall–Kier alpha value is 0.210. The maximum Gasteiger partial charge on any atom is 0.0476 e. The molecule has 80 valence electrons. The van der Waals surface area contributed by atoms with E-state index in [-0.39, 0.29) is 0 Å². The number of methoxy groups -OCH3 is 1. The van der Waals surface area contributed by atoms with Crippen LogP contribution in [-0.4, -0.2) is 31.7 Å². The van der Waals surface area contributed by atoms with Crippen molar-refractivity contribution in [3.05, 3.63) is 0 Å². The lowest BCUT2D eigenvalue weighted by molar-refractivity contribution is 0.185. The maximum absolute atomic E-state index is 5.99. The van der Waals surface area contributed by atoms with Gasteiger partial charge in [0.25, 0.3) is 0 Å². The van der Waals surface area contributed by atoms with Gasteiger partial charge in [-0.15, -0.1) is 11.6 Å². The normalized spacial score (nSPS) is 15.7. The highest BCUT2D eigenvalue weighted by atomic mass is 35.5. The second-order valence-electron chi connectivity index (χ2n) is 3.43. The topological polar surface area (TPSA) is 21.3 Å². The molecule has 2 atom stereocenters. The quantitative estimate of drug-likeness (QED) is 0.618. The monoisotopic (exact) mass is 207 g/mol. The van der Waals surface area contributed by atoms with Gasteiger partial charge in [0.2, 0.25) is 0 Å². The van der Waals surface area contributed by atoms with Crippen LogP contribution in [0.5, 0.6) is 0 Å². The molecule has 3 heteroatoms. The fourth-order valence-electron chi connectivity index (χ4n) is 1.09. The predicted molar refractivity (Wildman–Crippen MR) is 58.5 cm³/mol. The van der Waals surface area contributed by atoms with Crippen LogP contribution < -0.4 is 5.32 Å². The van der Waals surface area contributed by atoms with Crippen LogP contribution in [0.2, 0.25) is 0 Å². The zero-order chi connectivity index (χ0) is 10.1. The number of rotatable bonds is 8. The Morgan fingerprint density at radius 2 is 2.08 bits per heavy atom. The van der Waals surface area contributed by atoms with Gasteiger partial charge in [0.05, 0.1) is 0 Å². The third-order valence-corrected chi connectivity index (χ3v) is 2.68. The first-order valence-corrected chi connectivity index (χ1v) is 5.50. The molecule has 2 nitrogen and oxygen atoms in total. The van der Waals surface area contributed by atoms with Gasteiger partial charge in [-0.1, -0.05) is 6.92 Å². The zero-order valence-electron chi connectivity index (χ0n) is 8.98. The van der Waals surface area contributed by atoms with E-state index >= 15 is 0 Å². The second-order valence-corrected chi connectivity index (χ2v) is 4.05. The molecule has 0 amide bonds. The number of nitrogens with one attached hydrogen (secondary N) is 1. The molecule has 0 aromatic rings. The van der Waals surface area contributed by atoms with Crippen LogP contribution >= 0.6 is 11.6 Å². The largest absolute Gasteiger partial charge is 0.385 e. The van der Waals surface area contributed by atoms with Crippen molar-refractivity contribution < 1.29 is 4.74 Å². The maximum atomic E-state index is 5.99. The molecule has 0 aliphatic carbocycles. The van der Waals surface area contributed by atoms with E-state index in [1.54, 1.807) is 7.11 Å². The van der Waals surface area contributed by atoms with Crippen molar-refractivity contribution in [1.82, 2.24) is 5.32 Å². The van der Waals surface area contributed by atoms with Crippen molar-refractivity contribution >= 4 is 11.6 Å². The minimum Gasteiger partial charge on any atom is -0.385 e. The van der Waals surface area contributed by atoms with Gasteiger partial charge in [0, 0.05) is 25.1 Å². The molecule has 0 fully saturated rings. The Morgan fingerprint density at radius 3 is 2.62 bits per heavy atom. The summed E-state index contributed by atoms with van der Waals surface area (Å²) in [4.78, 5) is 0. The zero-order valence-corrected chi connectivity index (χ0v) is 9.73. The summed E-state index contributed by atoms with van der Waals surface area (Å²) in [6.07, 6.45) is 3.17. The fourth-order valence-corrected chi connectivity index (χ4v) is 1.20. The standard InChI is InChI=1S/C10H22ClNO/c1-4-10(11)5-7-12-9(2)6-8-13-3/h9-10,12H,4-8H2,1-3H3. The molecule has 0 spiro atoms. The number of halogens is 1. The molecular weight excluding hydrogens is 186 g/mol. The van der Waals surface area contributed by atoms with Gasteiger partial charge in [-0.2, -0.15) is 0 Å². The van der Waals surface area contributed by atoms with E-state index in [4.69, 9.17) is 16.3 Å². The predicted octanol–water partition coefficient (Wildman–Crippen LogP) is 2.41. The van der Waals surface area contributed by atoms with Gasteiger partial charge in [0.15, 0.2) is 0 Å². The Morgan fingerprint density at radius 1 is 1.38 bits per heavy atom. The van der Waals surface area contributed by atoms with Crippen LogP contribution in [0.4, 0.5) is 0 Å². The van der Waals surface area contributed by atoms with Crippen LogP contribution in [-0.2, 0) is 4.74 Å². The Bertz CT molecular complexity index is 111. The minimum absolute atomic E-state index is 0.321. The van der Waals surface area contributed by atoms with E-state index in [0.717, 1.165) is 32.4 Å². The van der Waals surface area contributed by atoms with Crippen molar-refractivity contribution in [3.8, 4) is 0 Å². The van der Waals surface area contributed by atoms with Crippen molar-refractivity contribution in [2.45, 2.75) is 44.5 Å². The number of hydrogen-bond donors (Lipinski definition) is 1. The highest BCUT2D eigenvalue weighted by molar-refractivity contribution is 6.20. The molecule has 2 unspecified atom stereocenters. The Labute approximate surface area is 87.0 Å². The third-order valence-electron chi connectivity index (χ3n) is 2.15. The molecule has 0 aromatic carbocycles. The summed E-state index contributed by atoms with van der Waals surface area (Å²) in [6, 6.07) is 0.528. The van der Waals surface area contributed by atoms with Crippen LogP contribution in [0.1, 0.15) is 33.1 Å². The molecule has 0 rings (SSSR count). The summed E-state index contributed by atoms with van der Waals surface area (Å²) in [5, 5.41) is 3.74. The lowest BCUT2D eigenvalue weighted by atomic mass is 10.2. The lowest BCUT2D eigenvalue weighted by Crippen LogP contribution is -2.29. The third kappa shape index (κ3) is 8.54. The molecular formula is C10H22ClNO. The van der Waals surface area contributed by atoms with Crippen LogP contribution in [0, 0.1) is 0 Å². The smallest absolute Gasteiger partial charge is 0.0476 e. The minimum atomic E-state index is 0.321. The van der Waals surface area contributed by atoms with Gasteiger partial charge in [-0.05, 0) is 32.7 Å². The highest BCUT2D eigenvalue weighted by Gasteiger charge is 2.03. The molecule has 0 aliphatic heterocycles. The number of alkyl halides is 1. The highest BCUT2D eigenvalue weighted by Crippen LogP contribution is 2.05. The van der Waals surface area contributed by atoms with Crippen LogP contribution in [0.25, 0.3) is 0 Å². The Kier molecular flexibility index (Phi) is 8.93. The van der Waals surface area contributed by atoms with Gasteiger partial charge in [-0.3, -0.25) is 0 Å². The van der Waals surface area contributed by atoms with Gasteiger partial charge in [0.1, 0.15) is 0 Å². The first kappa shape index (κ1) is 13.2. The van der Waals surface area contributed by atoms with Crippen LogP contribution in [0.3, 0.4) is 0 Å². The first-order valence-electron chi connectivity index (χ1n) is 5.07. The fraction of sp³-hybridized carbons (Fsp3) is 1.00. The summed E-state index contributed by atoms with van der Waals surface area (Å²) in [6.45, 7) is 6.12. The lowest BCUT2D eigenvalue weighted by Gasteiger charge is -2.14. The second kappa shape index (κ2) is 8.79. The van der Waals surface area contributed by atoms with Gasteiger partial charge in [-0.25, -0.2) is 0 Å². The van der Waals surface area contributed by atoms with Crippen molar-refractivity contribution in [2.75, 3.05) is 20.3 Å². The average molecular weight is 208 g/mol. The molecule has 0 bridgehead atoms.